The average molecular weight is 307 g/mol. The third-order valence-electron chi connectivity index (χ3n) is 3.54. The van der Waals surface area contributed by atoms with Gasteiger partial charge in [-0.2, -0.15) is 0 Å². The van der Waals surface area contributed by atoms with Crippen molar-refractivity contribution in [3.8, 4) is 11.5 Å². The van der Waals surface area contributed by atoms with Gasteiger partial charge in [0.1, 0.15) is 0 Å². The van der Waals surface area contributed by atoms with Gasteiger partial charge in [0.25, 0.3) is 5.91 Å². The molecule has 22 heavy (non-hydrogen) atoms. The number of carbonyl (C=O) groups is 1. The maximum Gasteiger partial charge on any atom is 0.251 e. The van der Waals surface area contributed by atoms with E-state index < -0.39 is 0 Å². The van der Waals surface area contributed by atoms with Crippen LogP contribution in [-0.4, -0.2) is 25.2 Å². The molecule has 4 nitrogen and oxygen atoms in total. The molecule has 1 N–H and O–H groups in total. The lowest BCUT2D eigenvalue weighted by Gasteiger charge is -2.26. The molecule has 0 aromatic heterocycles. The molecule has 1 aromatic rings. The minimum Gasteiger partial charge on any atom is -0.490 e. The van der Waals surface area contributed by atoms with Crippen LogP contribution in [-0.2, 0) is 0 Å². The fraction of sp³-hybridized carbons (Fsp3) is 0.611. The Bertz CT molecular complexity index is 475. The largest absolute Gasteiger partial charge is 0.490 e. The maximum atomic E-state index is 12.5. The van der Waals surface area contributed by atoms with Gasteiger partial charge < -0.3 is 14.8 Å². The van der Waals surface area contributed by atoms with Gasteiger partial charge in [-0.3, -0.25) is 4.79 Å². The van der Waals surface area contributed by atoms with Gasteiger partial charge in [0.05, 0.1) is 13.2 Å². The summed E-state index contributed by atoms with van der Waals surface area (Å²) in [6.07, 6.45) is 0. The Morgan fingerprint density at radius 3 is 2.05 bits per heavy atom. The highest BCUT2D eigenvalue weighted by atomic mass is 16.5. The second-order valence-electron chi connectivity index (χ2n) is 6.01. The van der Waals surface area contributed by atoms with Crippen LogP contribution in [0.3, 0.4) is 0 Å². The summed E-state index contributed by atoms with van der Waals surface area (Å²) < 4.78 is 11.1. The first-order valence-corrected chi connectivity index (χ1v) is 8.11. The number of hydrogen-bond donors (Lipinski definition) is 1. The average Bonchev–Trinajstić information content (AvgIpc) is 2.46. The molecule has 124 valence electrons. The van der Waals surface area contributed by atoms with Crippen LogP contribution >= 0.6 is 0 Å². The van der Waals surface area contributed by atoms with E-state index in [1.807, 2.05) is 13.8 Å². The molecule has 1 rings (SSSR count). The summed E-state index contributed by atoms with van der Waals surface area (Å²) in [7, 11) is 0. The van der Waals surface area contributed by atoms with E-state index in [9.17, 15) is 4.79 Å². The van der Waals surface area contributed by atoms with Crippen LogP contribution in [0.25, 0.3) is 0 Å². The zero-order valence-electron chi connectivity index (χ0n) is 14.6. The van der Waals surface area contributed by atoms with Crippen molar-refractivity contribution >= 4 is 5.91 Å². The molecule has 0 aliphatic rings. The molecule has 1 amide bonds. The smallest absolute Gasteiger partial charge is 0.251 e. The molecule has 0 unspecified atom stereocenters. The summed E-state index contributed by atoms with van der Waals surface area (Å²) in [5.74, 6) is 1.99. The van der Waals surface area contributed by atoms with E-state index in [0.29, 0.717) is 42.1 Å². The van der Waals surface area contributed by atoms with Gasteiger partial charge in [0.2, 0.25) is 0 Å². The van der Waals surface area contributed by atoms with Gasteiger partial charge in [-0.25, -0.2) is 0 Å². The number of rotatable bonds is 8. The fourth-order valence-electron chi connectivity index (χ4n) is 2.53. The summed E-state index contributed by atoms with van der Waals surface area (Å²) in [5.41, 5.74) is 0.596. The van der Waals surface area contributed by atoms with Crippen LogP contribution in [0.5, 0.6) is 11.5 Å². The van der Waals surface area contributed by atoms with Gasteiger partial charge in [-0.1, -0.05) is 27.7 Å². The quantitative estimate of drug-likeness (QED) is 0.792. The number of ether oxygens (including phenoxy) is 2. The number of hydrogen-bond acceptors (Lipinski definition) is 3. The molecule has 0 heterocycles. The standard InChI is InChI=1S/C18H29NO3/c1-7-21-15-10-9-14(11-16(15)22-8-2)18(20)19-17(12(3)4)13(5)6/h9-13,17H,7-8H2,1-6H3,(H,19,20). The first-order chi connectivity index (χ1) is 10.4. The molecule has 4 heteroatoms. The summed E-state index contributed by atoms with van der Waals surface area (Å²) in [6.45, 7) is 13.4. The van der Waals surface area contributed by atoms with Crippen LogP contribution in [0.4, 0.5) is 0 Å². The van der Waals surface area contributed by atoms with Crippen LogP contribution in [0.1, 0.15) is 51.9 Å². The van der Waals surface area contributed by atoms with Crippen LogP contribution < -0.4 is 14.8 Å². The van der Waals surface area contributed by atoms with Gasteiger partial charge in [0, 0.05) is 11.6 Å². The van der Waals surface area contributed by atoms with Gasteiger partial charge in [0.15, 0.2) is 11.5 Å². The van der Waals surface area contributed by atoms with Gasteiger partial charge in [-0.15, -0.1) is 0 Å². The van der Waals surface area contributed by atoms with E-state index in [1.54, 1.807) is 18.2 Å². The number of carbonyl (C=O) groups excluding carboxylic acids is 1. The Labute approximate surface area is 134 Å². The zero-order valence-corrected chi connectivity index (χ0v) is 14.6. The molecular weight excluding hydrogens is 278 g/mol. The minimum atomic E-state index is -0.0728. The number of nitrogens with one attached hydrogen (secondary N) is 1. The topological polar surface area (TPSA) is 47.6 Å². The molecule has 0 saturated carbocycles. The van der Waals surface area contributed by atoms with E-state index in [0.717, 1.165) is 0 Å². The molecule has 0 fully saturated rings. The Balaban J connectivity index is 2.95. The van der Waals surface area contributed by atoms with Crippen molar-refractivity contribution in [2.75, 3.05) is 13.2 Å². The molecule has 0 saturated heterocycles. The van der Waals surface area contributed by atoms with Crippen molar-refractivity contribution in [1.29, 1.82) is 0 Å². The van der Waals surface area contributed by atoms with Gasteiger partial charge in [-0.05, 0) is 43.9 Å². The molecule has 0 aliphatic heterocycles. The zero-order chi connectivity index (χ0) is 16.7. The van der Waals surface area contributed by atoms with Crippen molar-refractivity contribution in [2.24, 2.45) is 11.8 Å². The summed E-state index contributed by atoms with van der Waals surface area (Å²) in [6, 6.07) is 5.47. The van der Waals surface area contributed by atoms with Crippen molar-refractivity contribution in [3.05, 3.63) is 23.8 Å². The van der Waals surface area contributed by atoms with Crippen molar-refractivity contribution < 1.29 is 14.3 Å². The molecule has 0 aliphatic carbocycles. The monoisotopic (exact) mass is 307 g/mol. The maximum absolute atomic E-state index is 12.5. The minimum absolute atomic E-state index is 0.0728. The Morgan fingerprint density at radius 1 is 1.00 bits per heavy atom. The highest BCUT2D eigenvalue weighted by Crippen LogP contribution is 2.28. The van der Waals surface area contributed by atoms with E-state index in [1.165, 1.54) is 0 Å². The normalized spacial score (nSPS) is 11.1. The highest BCUT2D eigenvalue weighted by molar-refractivity contribution is 5.95. The van der Waals surface area contributed by atoms with Crippen LogP contribution in [0, 0.1) is 11.8 Å². The Kier molecular flexibility index (Phi) is 7.22. The summed E-state index contributed by atoms with van der Waals surface area (Å²) in [4.78, 5) is 12.5. The Morgan fingerprint density at radius 2 is 1.55 bits per heavy atom. The van der Waals surface area contributed by atoms with E-state index in [4.69, 9.17) is 9.47 Å². The summed E-state index contributed by atoms with van der Waals surface area (Å²) >= 11 is 0. The fourth-order valence-corrected chi connectivity index (χ4v) is 2.53. The predicted molar refractivity (Wildman–Crippen MR) is 89.7 cm³/mol. The summed E-state index contributed by atoms with van der Waals surface area (Å²) in [5, 5.41) is 3.12. The Hall–Kier alpha value is -1.71. The van der Waals surface area contributed by atoms with Crippen LogP contribution in [0.2, 0.25) is 0 Å². The second kappa shape index (κ2) is 8.66. The van der Waals surface area contributed by atoms with E-state index in [-0.39, 0.29) is 11.9 Å². The lowest BCUT2D eigenvalue weighted by molar-refractivity contribution is 0.0910. The van der Waals surface area contributed by atoms with Crippen molar-refractivity contribution in [2.45, 2.75) is 47.6 Å². The predicted octanol–water partition coefficient (Wildman–Crippen LogP) is 3.89. The molecule has 1 aromatic carbocycles. The highest BCUT2D eigenvalue weighted by Gasteiger charge is 2.21. The number of benzene rings is 1. The lowest BCUT2D eigenvalue weighted by atomic mass is 9.93. The molecule has 0 radical (unpaired) electrons. The molecule has 0 atom stereocenters. The SMILES string of the molecule is CCOc1ccc(C(=O)NC(C(C)C)C(C)C)cc1OCC. The molecule has 0 bridgehead atoms. The van der Waals surface area contributed by atoms with Crippen molar-refractivity contribution in [3.63, 3.8) is 0 Å². The molecular formula is C18H29NO3. The van der Waals surface area contributed by atoms with E-state index in [2.05, 4.69) is 33.0 Å². The first-order valence-electron chi connectivity index (χ1n) is 8.11. The first kappa shape index (κ1) is 18.3. The third kappa shape index (κ3) is 4.93. The lowest BCUT2D eigenvalue weighted by Crippen LogP contribution is -2.42. The molecule has 0 spiro atoms. The van der Waals surface area contributed by atoms with Gasteiger partial charge >= 0.3 is 0 Å². The third-order valence-corrected chi connectivity index (χ3v) is 3.54. The van der Waals surface area contributed by atoms with Crippen molar-refractivity contribution in [1.82, 2.24) is 5.32 Å². The van der Waals surface area contributed by atoms with E-state index >= 15 is 0 Å². The number of amides is 1. The second-order valence-corrected chi connectivity index (χ2v) is 6.01. The van der Waals surface area contributed by atoms with Crippen LogP contribution in [0.15, 0.2) is 18.2 Å².